The standard InChI is InChI=1S/C11H12N2O2/c14-11(10-6-7-15-13-10)12-8-9-4-2-1-3-5-9/h1-5H,6-8H2,(H,12,14). The molecule has 0 atom stereocenters. The van der Waals surface area contributed by atoms with E-state index in [0.29, 0.717) is 25.3 Å². The van der Waals surface area contributed by atoms with Gasteiger partial charge in [0.1, 0.15) is 12.3 Å². The molecule has 0 aromatic heterocycles. The Morgan fingerprint density at radius 2 is 2.20 bits per heavy atom. The molecule has 1 N–H and O–H groups in total. The fourth-order valence-corrected chi connectivity index (χ4v) is 1.35. The van der Waals surface area contributed by atoms with E-state index in [1.54, 1.807) is 0 Å². The number of hydrogen-bond acceptors (Lipinski definition) is 3. The Hall–Kier alpha value is -1.84. The highest BCUT2D eigenvalue weighted by molar-refractivity contribution is 6.38. The smallest absolute Gasteiger partial charge is 0.269 e. The van der Waals surface area contributed by atoms with Crippen molar-refractivity contribution in [2.75, 3.05) is 6.61 Å². The summed E-state index contributed by atoms with van der Waals surface area (Å²) in [6, 6.07) is 9.76. The van der Waals surface area contributed by atoms with Crippen molar-refractivity contribution in [3.8, 4) is 0 Å². The summed E-state index contributed by atoms with van der Waals surface area (Å²) in [5.74, 6) is -0.142. The predicted octanol–water partition coefficient (Wildman–Crippen LogP) is 1.08. The Morgan fingerprint density at radius 3 is 2.87 bits per heavy atom. The van der Waals surface area contributed by atoms with Gasteiger partial charge in [-0.3, -0.25) is 4.79 Å². The van der Waals surface area contributed by atoms with Crippen LogP contribution in [-0.2, 0) is 16.2 Å². The average molecular weight is 204 g/mol. The van der Waals surface area contributed by atoms with E-state index in [1.807, 2.05) is 30.3 Å². The van der Waals surface area contributed by atoms with E-state index in [2.05, 4.69) is 10.5 Å². The second-order valence-electron chi connectivity index (χ2n) is 3.29. The topological polar surface area (TPSA) is 50.7 Å². The number of nitrogens with zero attached hydrogens (tertiary/aromatic N) is 1. The zero-order chi connectivity index (χ0) is 10.5. The molecule has 0 saturated heterocycles. The third-order valence-corrected chi connectivity index (χ3v) is 2.16. The van der Waals surface area contributed by atoms with Gasteiger partial charge in [-0.25, -0.2) is 0 Å². The van der Waals surface area contributed by atoms with Gasteiger partial charge in [-0.05, 0) is 5.56 Å². The highest BCUT2D eigenvalue weighted by atomic mass is 16.6. The summed E-state index contributed by atoms with van der Waals surface area (Å²) in [6.45, 7) is 1.03. The first-order valence-corrected chi connectivity index (χ1v) is 4.87. The zero-order valence-corrected chi connectivity index (χ0v) is 8.27. The molecule has 0 aliphatic carbocycles. The van der Waals surface area contributed by atoms with Crippen LogP contribution < -0.4 is 5.32 Å². The van der Waals surface area contributed by atoms with Crippen LogP contribution in [0.25, 0.3) is 0 Å². The van der Waals surface area contributed by atoms with Crippen LogP contribution in [-0.4, -0.2) is 18.2 Å². The van der Waals surface area contributed by atoms with Gasteiger partial charge in [0.2, 0.25) is 0 Å². The minimum atomic E-state index is -0.142. The van der Waals surface area contributed by atoms with E-state index in [-0.39, 0.29) is 5.91 Å². The fourth-order valence-electron chi connectivity index (χ4n) is 1.35. The van der Waals surface area contributed by atoms with Crippen molar-refractivity contribution in [2.24, 2.45) is 5.16 Å². The van der Waals surface area contributed by atoms with Crippen molar-refractivity contribution in [2.45, 2.75) is 13.0 Å². The molecule has 1 aromatic carbocycles. The molecule has 0 radical (unpaired) electrons. The molecule has 4 heteroatoms. The summed E-state index contributed by atoms with van der Waals surface area (Å²) in [5, 5.41) is 6.44. The summed E-state index contributed by atoms with van der Waals surface area (Å²) >= 11 is 0. The second kappa shape index (κ2) is 4.59. The lowest BCUT2D eigenvalue weighted by atomic mass is 10.2. The van der Waals surface area contributed by atoms with Crippen LogP contribution in [0, 0.1) is 0 Å². The van der Waals surface area contributed by atoms with E-state index >= 15 is 0 Å². The van der Waals surface area contributed by atoms with E-state index in [0.717, 1.165) is 5.56 Å². The van der Waals surface area contributed by atoms with Crippen molar-refractivity contribution >= 4 is 11.6 Å². The van der Waals surface area contributed by atoms with E-state index in [1.165, 1.54) is 0 Å². The number of carbonyl (C=O) groups excluding carboxylic acids is 1. The van der Waals surface area contributed by atoms with Gasteiger partial charge in [0, 0.05) is 13.0 Å². The first-order chi connectivity index (χ1) is 7.36. The summed E-state index contributed by atoms with van der Waals surface area (Å²) < 4.78 is 0. The molecule has 1 aromatic rings. The Morgan fingerprint density at radius 1 is 1.40 bits per heavy atom. The van der Waals surface area contributed by atoms with E-state index in [9.17, 15) is 4.79 Å². The van der Waals surface area contributed by atoms with Crippen LogP contribution in [0.15, 0.2) is 35.5 Å². The van der Waals surface area contributed by atoms with Gasteiger partial charge in [-0.2, -0.15) is 0 Å². The second-order valence-corrected chi connectivity index (χ2v) is 3.29. The molecule has 0 unspecified atom stereocenters. The monoisotopic (exact) mass is 204 g/mol. The number of benzene rings is 1. The van der Waals surface area contributed by atoms with E-state index < -0.39 is 0 Å². The van der Waals surface area contributed by atoms with Crippen LogP contribution >= 0.6 is 0 Å². The third kappa shape index (κ3) is 2.56. The lowest BCUT2D eigenvalue weighted by molar-refractivity contribution is -0.115. The van der Waals surface area contributed by atoms with Gasteiger partial charge in [0.05, 0.1) is 0 Å². The zero-order valence-electron chi connectivity index (χ0n) is 8.27. The molecule has 1 amide bonds. The molecule has 15 heavy (non-hydrogen) atoms. The SMILES string of the molecule is O=C(NCc1ccccc1)C1=NOCC1. The molecule has 78 valence electrons. The largest absolute Gasteiger partial charge is 0.395 e. The third-order valence-electron chi connectivity index (χ3n) is 2.16. The lowest BCUT2D eigenvalue weighted by Gasteiger charge is -2.03. The maximum atomic E-state index is 11.5. The molecule has 0 spiro atoms. The predicted molar refractivity (Wildman–Crippen MR) is 56.3 cm³/mol. The molecule has 0 bridgehead atoms. The van der Waals surface area contributed by atoms with Gasteiger partial charge in [-0.15, -0.1) is 0 Å². The minimum absolute atomic E-state index is 0.142. The lowest BCUT2D eigenvalue weighted by Crippen LogP contribution is -2.29. The molecular weight excluding hydrogens is 192 g/mol. The molecular formula is C11H12N2O2. The number of nitrogens with one attached hydrogen (secondary N) is 1. The number of rotatable bonds is 3. The first kappa shape index (κ1) is 9.71. The minimum Gasteiger partial charge on any atom is -0.395 e. The molecule has 2 rings (SSSR count). The Bertz CT molecular complexity index is 373. The summed E-state index contributed by atoms with van der Waals surface area (Å²) in [4.78, 5) is 16.3. The molecule has 1 aliphatic rings. The normalized spacial score (nSPS) is 14.3. The van der Waals surface area contributed by atoms with Gasteiger partial charge < -0.3 is 10.2 Å². The fraction of sp³-hybridized carbons (Fsp3) is 0.273. The van der Waals surface area contributed by atoms with Crippen LogP contribution in [0.2, 0.25) is 0 Å². The van der Waals surface area contributed by atoms with Gasteiger partial charge in [0.25, 0.3) is 5.91 Å². The summed E-state index contributed by atoms with van der Waals surface area (Å²) in [7, 11) is 0. The molecule has 1 aliphatic heterocycles. The maximum absolute atomic E-state index is 11.5. The van der Waals surface area contributed by atoms with Crippen LogP contribution in [0.1, 0.15) is 12.0 Å². The van der Waals surface area contributed by atoms with Crippen molar-refractivity contribution in [3.63, 3.8) is 0 Å². The number of hydrogen-bond donors (Lipinski definition) is 1. The molecule has 1 heterocycles. The maximum Gasteiger partial charge on any atom is 0.269 e. The van der Waals surface area contributed by atoms with Crippen LogP contribution in [0.3, 0.4) is 0 Å². The van der Waals surface area contributed by atoms with Crippen molar-refractivity contribution < 1.29 is 9.63 Å². The van der Waals surface area contributed by atoms with Crippen molar-refractivity contribution in [1.29, 1.82) is 0 Å². The Labute approximate surface area is 87.9 Å². The quantitative estimate of drug-likeness (QED) is 0.801. The first-order valence-electron chi connectivity index (χ1n) is 4.87. The summed E-state index contributed by atoms with van der Waals surface area (Å²) in [5.41, 5.74) is 1.55. The highest BCUT2D eigenvalue weighted by Gasteiger charge is 2.16. The van der Waals surface area contributed by atoms with Crippen molar-refractivity contribution in [1.82, 2.24) is 5.32 Å². The summed E-state index contributed by atoms with van der Waals surface area (Å²) in [6.07, 6.45) is 0.598. The van der Waals surface area contributed by atoms with Gasteiger partial charge in [-0.1, -0.05) is 35.5 Å². The van der Waals surface area contributed by atoms with Gasteiger partial charge >= 0.3 is 0 Å². The Balaban J connectivity index is 1.86. The Kier molecular flexibility index (Phi) is 2.97. The van der Waals surface area contributed by atoms with Crippen molar-refractivity contribution in [3.05, 3.63) is 35.9 Å². The average Bonchev–Trinajstić information content (AvgIpc) is 2.81. The number of amides is 1. The molecule has 0 fully saturated rings. The number of oxime groups is 1. The highest BCUT2D eigenvalue weighted by Crippen LogP contribution is 2.01. The molecule has 4 nitrogen and oxygen atoms in total. The van der Waals surface area contributed by atoms with Crippen LogP contribution in [0.4, 0.5) is 0 Å². The van der Waals surface area contributed by atoms with Crippen LogP contribution in [0.5, 0.6) is 0 Å². The number of carbonyl (C=O) groups is 1. The van der Waals surface area contributed by atoms with Gasteiger partial charge in [0.15, 0.2) is 0 Å². The van der Waals surface area contributed by atoms with E-state index in [4.69, 9.17) is 4.84 Å². The molecule has 0 saturated carbocycles.